The molecule has 0 saturated heterocycles. The number of hydrogen-bond acceptors (Lipinski definition) is 4. The minimum Gasteiger partial charge on any atom is -0.480 e. The summed E-state index contributed by atoms with van der Waals surface area (Å²) in [6.45, 7) is 6.97. The molecule has 5 nitrogen and oxygen atoms in total. The fraction of sp³-hybridized carbons (Fsp3) is 0.900. The average molecular weight is 251 g/mol. The lowest BCUT2D eigenvalue weighted by Gasteiger charge is -2.18. The third-order valence-electron chi connectivity index (χ3n) is 2.40. The van der Waals surface area contributed by atoms with E-state index >= 15 is 0 Å². The second-order valence-electron chi connectivity index (χ2n) is 4.43. The Labute approximate surface area is 97.2 Å². The first kappa shape index (κ1) is 15.4. The first-order chi connectivity index (χ1) is 7.18. The number of carboxylic acids is 1. The fourth-order valence-corrected chi connectivity index (χ4v) is 2.07. The normalized spacial score (nSPS) is 14.4. The summed E-state index contributed by atoms with van der Waals surface area (Å²) in [5.41, 5.74) is 0. The first-order valence-electron chi connectivity index (χ1n) is 5.36. The van der Waals surface area contributed by atoms with E-state index in [1.807, 2.05) is 0 Å². The molecule has 0 spiro atoms. The van der Waals surface area contributed by atoms with Crippen molar-refractivity contribution in [1.82, 2.24) is 5.32 Å². The van der Waals surface area contributed by atoms with E-state index in [1.54, 1.807) is 27.7 Å². The molecule has 0 rings (SSSR count). The van der Waals surface area contributed by atoms with Crippen LogP contribution in [0, 0.1) is 5.92 Å². The van der Waals surface area contributed by atoms with Crippen LogP contribution in [0.4, 0.5) is 0 Å². The minimum atomic E-state index is -3.10. The summed E-state index contributed by atoms with van der Waals surface area (Å²) in [6.07, 6.45) is 0. The zero-order chi connectivity index (χ0) is 12.9. The average Bonchev–Trinajstić information content (AvgIpc) is 2.10. The van der Waals surface area contributed by atoms with Gasteiger partial charge in [0.05, 0.1) is 11.0 Å². The number of hydrogen-bond donors (Lipinski definition) is 2. The van der Waals surface area contributed by atoms with Crippen molar-refractivity contribution in [3.63, 3.8) is 0 Å². The van der Waals surface area contributed by atoms with Crippen LogP contribution >= 0.6 is 0 Å². The zero-order valence-electron chi connectivity index (χ0n) is 10.2. The highest BCUT2D eigenvalue weighted by Gasteiger charge is 2.22. The monoisotopic (exact) mass is 251 g/mol. The molecule has 0 aromatic rings. The second kappa shape index (κ2) is 6.20. The predicted molar refractivity (Wildman–Crippen MR) is 63.2 cm³/mol. The highest BCUT2D eigenvalue weighted by Crippen LogP contribution is 2.03. The topological polar surface area (TPSA) is 83.5 Å². The standard InChI is InChI=1S/C10H21NO4S/c1-7(2)9(10(12)13)11-5-6-16(14,15)8(3)4/h7-9,11H,5-6H2,1-4H3,(H,12,13). The van der Waals surface area contributed by atoms with Crippen LogP contribution in [0.25, 0.3) is 0 Å². The van der Waals surface area contributed by atoms with Crippen molar-refractivity contribution < 1.29 is 18.3 Å². The fourth-order valence-electron chi connectivity index (χ4n) is 1.20. The van der Waals surface area contributed by atoms with Gasteiger partial charge in [-0.25, -0.2) is 8.42 Å². The van der Waals surface area contributed by atoms with Gasteiger partial charge in [-0.15, -0.1) is 0 Å². The summed E-state index contributed by atoms with van der Waals surface area (Å²) in [6, 6.07) is -0.692. The Morgan fingerprint density at radius 2 is 1.75 bits per heavy atom. The highest BCUT2D eigenvalue weighted by molar-refractivity contribution is 7.92. The Hall–Kier alpha value is -0.620. The van der Waals surface area contributed by atoms with Crippen molar-refractivity contribution in [2.75, 3.05) is 12.3 Å². The molecule has 0 fully saturated rings. The summed E-state index contributed by atoms with van der Waals surface area (Å²) in [5, 5.41) is 11.2. The largest absolute Gasteiger partial charge is 0.480 e. The molecule has 16 heavy (non-hydrogen) atoms. The molecule has 0 aliphatic heterocycles. The van der Waals surface area contributed by atoms with E-state index in [-0.39, 0.29) is 18.2 Å². The molecule has 0 bridgehead atoms. The molecule has 0 heterocycles. The predicted octanol–water partition coefficient (Wildman–Crippen LogP) is 0.508. The SMILES string of the molecule is CC(C)C(NCCS(=O)(=O)C(C)C)C(=O)O. The molecule has 1 atom stereocenters. The summed E-state index contributed by atoms with van der Waals surface area (Å²) in [4.78, 5) is 10.8. The van der Waals surface area contributed by atoms with Gasteiger partial charge in [0, 0.05) is 6.54 Å². The van der Waals surface area contributed by atoms with E-state index in [9.17, 15) is 13.2 Å². The van der Waals surface area contributed by atoms with E-state index in [1.165, 1.54) is 0 Å². The lowest BCUT2D eigenvalue weighted by Crippen LogP contribution is -2.43. The maximum Gasteiger partial charge on any atom is 0.320 e. The summed E-state index contributed by atoms with van der Waals surface area (Å²) < 4.78 is 22.9. The van der Waals surface area contributed by atoms with Crippen molar-refractivity contribution in [2.45, 2.75) is 39.0 Å². The molecule has 96 valence electrons. The molecule has 0 aliphatic carbocycles. The molecular weight excluding hydrogens is 230 g/mol. The van der Waals surface area contributed by atoms with E-state index < -0.39 is 27.1 Å². The summed E-state index contributed by atoms with van der Waals surface area (Å²) in [7, 11) is -3.10. The molecule has 0 radical (unpaired) electrons. The lowest BCUT2D eigenvalue weighted by atomic mass is 10.1. The maximum absolute atomic E-state index is 11.5. The maximum atomic E-state index is 11.5. The van der Waals surface area contributed by atoms with Crippen molar-refractivity contribution in [3.05, 3.63) is 0 Å². The molecule has 0 aromatic heterocycles. The Balaban J connectivity index is 4.21. The van der Waals surface area contributed by atoms with Crippen LogP contribution in [-0.2, 0) is 14.6 Å². The Morgan fingerprint density at radius 1 is 1.25 bits per heavy atom. The Bertz CT molecular complexity index is 322. The molecule has 0 saturated carbocycles. The van der Waals surface area contributed by atoms with Crippen LogP contribution in [0.15, 0.2) is 0 Å². The number of sulfone groups is 1. The van der Waals surface area contributed by atoms with Crippen LogP contribution in [0.1, 0.15) is 27.7 Å². The van der Waals surface area contributed by atoms with Gasteiger partial charge >= 0.3 is 5.97 Å². The molecule has 0 aliphatic rings. The number of aliphatic carboxylic acids is 1. The minimum absolute atomic E-state index is 0.0266. The molecule has 2 N–H and O–H groups in total. The van der Waals surface area contributed by atoms with Crippen LogP contribution < -0.4 is 5.32 Å². The van der Waals surface area contributed by atoms with E-state index in [0.29, 0.717) is 0 Å². The van der Waals surface area contributed by atoms with Crippen molar-refractivity contribution in [1.29, 1.82) is 0 Å². The van der Waals surface area contributed by atoms with Gasteiger partial charge in [0.15, 0.2) is 9.84 Å². The van der Waals surface area contributed by atoms with Gasteiger partial charge in [-0.1, -0.05) is 13.8 Å². The van der Waals surface area contributed by atoms with Crippen molar-refractivity contribution in [2.24, 2.45) is 5.92 Å². The van der Waals surface area contributed by atoms with Gasteiger partial charge in [-0.05, 0) is 19.8 Å². The van der Waals surface area contributed by atoms with Gasteiger partial charge in [0.1, 0.15) is 6.04 Å². The summed E-state index contributed by atoms with van der Waals surface area (Å²) >= 11 is 0. The van der Waals surface area contributed by atoms with Crippen LogP contribution in [-0.4, -0.2) is 43.1 Å². The van der Waals surface area contributed by atoms with Gasteiger partial charge in [-0.3, -0.25) is 4.79 Å². The smallest absolute Gasteiger partial charge is 0.320 e. The van der Waals surface area contributed by atoms with Crippen LogP contribution in [0.5, 0.6) is 0 Å². The highest BCUT2D eigenvalue weighted by atomic mass is 32.2. The van der Waals surface area contributed by atoms with Gasteiger partial charge in [0.2, 0.25) is 0 Å². The van der Waals surface area contributed by atoms with E-state index in [4.69, 9.17) is 5.11 Å². The summed E-state index contributed by atoms with van der Waals surface area (Å²) in [5.74, 6) is -1.04. The number of nitrogens with one attached hydrogen (secondary N) is 1. The van der Waals surface area contributed by atoms with Crippen LogP contribution in [0.2, 0.25) is 0 Å². The molecule has 1 unspecified atom stereocenters. The third kappa shape index (κ3) is 4.94. The van der Waals surface area contributed by atoms with E-state index in [2.05, 4.69) is 5.32 Å². The van der Waals surface area contributed by atoms with Gasteiger partial charge in [-0.2, -0.15) is 0 Å². The van der Waals surface area contributed by atoms with Crippen LogP contribution in [0.3, 0.4) is 0 Å². The number of carboxylic acid groups (broad SMARTS) is 1. The molecule has 0 amide bonds. The molecule has 0 aromatic carbocycles. The Morgan fingerprint density at radius 3 is 2.06 bits per heavy atom. The van der Waals surface area contributed by atoms with E-state index in [0.717, 1.165) is 0 Å². The molecular formula is C10H21NO4S. The second-order valence-corrected chi connectivity index (χ2v) is 7.11. The number of carbonyl (C=O) groups is 1. The van der Waals surface area contributed by atoms with Gasteiger partial charge in [0.25, 0.3) is 0 Å². The van der Waals surface area contributed by atoms with Crippen molar-refractivity contribution >= 4 is 15.8 Å². The Kier molecular flexibility index (Phi) is 5.96. The lowest BCUT2D eigenvalue weighted by molar-refractivity contribution is -0.140. The molecule has 6 heteroatoms. The third-order valence-corrected chi connectivity index (χ3v) is 4.61. The quantitative estimate of drug-likeness (QED) is 0.688. The van der Waals surface area contributed by atoms with Gasteiger partial charge < -0.3 is 10.4 Å². The number of rotatable bonds is 7. The zero-order valence-corrected chi connectivity index (χ0v) is 11.0. The van der Waals surface area contributed by atoms with Crippen molar-refractivity contribution in [3.8, 4) is 0 Å². The first-order valence-corrected chi connectivity index (χ1v) is 7.07.